The Morgan fingerprint density at radius 2 is 1.81 bits per heavy atom. The molecule has 116 valence electrons. The minimum absolute atomic E-state index is 0.00808. The zero-order chi connectivity index (χ0) is 16.0. The first-order valence-electron chi connectivity index (χ1n) is 6.66. The van der Waals surface area contributed by atoms with Gasteiger partial charge in [0.1, 0.15) is 0 Å². The summed E-state index contributed by atoms with van der Waals surface area (Å²) in [7, 11) is -3.51. The van der Waals surface area contributed by atoms with Crippen molar-refractivity contribution < 1.29 is 23.1 Å². The van der Waals surface area contributed by atoms with Gasteiger partial charge in [-0.25, -0.2) is 8.42 Å². The van der Waals surface area contributed by atoms with Crippen molar-refractivity contribution in [2.75, 3.05) is 18.8 Å². The quantitative estimate of drug-likeness (QED) is 0.822. The Morgan fingerprint density at radius 1 is 1.19 bits per heavy atom. The van der Waals surface area contributed by atoms with Crippen molar-refractivity contribution >= 4 is 21.7 Å². The highest BCUT2D eigenvalue weighted by molar-refractivity contribution is 7.91. The molecule has 0 aliphatic heterocycles. The minimum atomic E-state index is -3.51. The smallest absolute Gasteiger partial charge is 0.305 e. The molecule has 0 spiro atoms. The molecule has 0 saturated heterocycles. The lowest BCUT2D eigenvalue weighted by Gasteiger charge is -2.21. The Morgan fingerprint density at radius 3 is 2.33 bits per heavy atom. The molecule has 1 amide bonds. The first-order valence-corrected chi connectivity index (χ1v) is 8.31. The lowest BCUT2D eigenvalue weighted by atomic mass is 10.2. The van der Waals surface area contributed by atoms with Crippen LogP contribution in [-0.2, 0) is 14.6 Å². The van der Waals surface area contributed by atoms with Crippen LogP contribution in [0.1, 0.15) is 30.6 Å². The van der Waals surface area contributed by atoms with E-state index in [2.05, 4.69) is 0 Å². The van der Waals surface area contributed by atoms with Crippen LogP contribution in [0.25, 0.3) is 0 Å². The SMILES string of the molecule is CCN(CCC(=O)O)C(=O)c1ccccc1S(=O)(=O)CC. The molecule has 0 atom stereocenters. The average molecular weight is 313 g/mol. The fourth-order valence-electron chi connectivity index (χ4n) is 1.87. The molecule has 1 aromatic rings. The van der Waals surface area contributed by atoms with E-state index in [1.807, 2.05) is 0 Å². The number of rotatable bonds is 7. The second-order valence-electron chi connectivity index (χ2n) is 4.43. The minimum Gasteiger partial charge on any atom is -0.481 e. The van der Waals surface area contributed by atoms with Gasteiger partial charge < -0.3 is 10.0 Å². The normalized spacial score (nSPS) is 11.1. The maximum atomic E-state index is 12.4. The van der Waals surface area contributed by atoms with Crippen molar-refractivity contribution in [1.82, 2.24) is 4.90 Å². The number of sulfone groups is 1. The third-order valence-corrected chi connectivity index (χ3v) is 4.88. The fourth-order valence-corrected chi connectivity index (χ4v) is 2.96. The standard InChI is InChI=1S/C14H19NO5S/c1-3-15(10-9-13(16)17)14(18)11-7-5-6-8-12(11)21(19,20)4-2/h5-8H,3-4,9-10H2,1-2H3,(H,16,17). The second kappa shape index (κ2) is 7.21. The number of carbonyl (C=O) groups is 2. The van der Waals surface area contributed by atoms with Gasteiger partial charge in [0.2, 0.25) is 0 Å². The van der Waals surface area contributed by atoms with Crippen molar-refractivity contribution in [3.8, 4) is 0 Å². The van der Waals surface area contributed by atoms with Crippen LogP contribution in [0.3, 0.4) is 0 Å². The molecule has 0 aliphatic rings. The zero-order valence-electron chi connectivity index (χ0n) is 12.1. The number of carbonyl (C=O) groups excluding carboxylic acids is 1. The first-order chi connectivity index (χ1) is 9.83. The molecule has 0 radical (unpaired) electrons. The summed E-state index contributed by atoms with van der Waals surface area (Å²) in [6.07, 6.45) is -0.178. The summed E-state index contributed by atoms with van der Waals surface area (Å²) in [4.78, 5) is 24.4. The van der Waals surface area contributed by atoms with E-state index in [4.69, 9.17) is 5.11 Å². The van der Waals surface area contributed by atoms with E-state index in [1.54, 1.807) is 19.1 Å². The molecule has 1 rings (SSSR count). The maximum Gasteiger partial charge on any atom is 0.305 e. The summed E-state index contributed by atoms with van der Waals surface area (Å²) in [6.45, 7) is 3.59. The zero-order valence-corrected chi connectivity index (χ0v) is 12.9. The molecule has 0 aliphatic carbocycles. The fraction of sp³-hybridized carbons (Fsp3) is 0.429. The van der Waals surface area contributed by atoms with Gasteiger partial charge in [-0.3, -0.25) is 9.59 Å². The highest BCUT2D eigenvalue weighted by atomic mass is 32.2. The second-order valence-corrected chi connectivity index (χ2v) is 6.67. The number of carboxylic acids is 1. The Hall–Kier alpha value is -1.89. The third-order valence-electron chi connectivity index (χ3n) is 3.10. The van der Waals surface area contributed by atoms with Crippen molar-refractivity contribution in [1.29, 1.82) is 0 Å². The van der Waals surface area contributed by atoms with Crippen molar-refractivity contribution in [2.24, 2.45) is 0 Å². The van der Waals surface area contributed by atoms with Gasteiger partial charge in [0.05, 0.1) is 22.6 Å². The van der Waals surface area contributed by atoms with Gasteiger partial charge in [0.15, 0.2) is 9.84 Å². The Kier molecular flexibility index (Phi) is 5.90. The third kappa shape index (κ3) is 4.29. The van der Waals surface area contributed by atoms with Crippen LogP contribution in [0, 0.1) is 0 Å². The number of carboxylic acid groups (broad SMARTS) is 1. The van der Waals surface area contributed by atoms with Gasteiger partial charge >= 0.3 is 5.97 Å². The van der Waals surface area contributed by atoms with E-state index in [0.717, 1.165) is 0 Å². The van der Waals surface area contributed by atoms with Crippen LogP contribution >= 0.6 is 0 Å². The molecule has 1 aromatic carbocycles. The average Bonchev–Trinajstić information content (AvgIpc) is 2.47. The van der Waals surface area contributed by atoms with E-state index in [0.29, 0.717) is 6.54 Å². The molecule has 6 nitrogen and oxygen atoms in total. The topological polar surface area (TPSA) is 91.8 Å². The van der Waals surface area contributed by atoms with Crippen LogP contribution < -0.4 is 0 Å². The lowest BCUT2D eigenvalue weighted by Crippen LogP contribution is -2.33. The number of amides is 1. The van der Waals surface area contributed by atoms with E-state index in [9.17, 15) is 18.0 Å². The van der Waals surface area contributed by atoms with Crippen LogP contribution in [-0.4, -0.2) is 49.1 Å². The number of hydrogen-bond acceptors (Lipinski definition) is 4. The summed E-state index contributed by atoms with van der Waals surface area (Å²) in [6, 6.07) is 6.01. The van der Waals surface area contributed by atoms with Gasteiger partial charge in [-0.1, -0.05) is 19.1 Å². The molecular weight excluding hydrogens is 294 g/mol. The molecular formula is C14H19NO5S. The maximum absolute atomic E-state index is 12.4. The van der Waals surface area contributed by atoms with E-state index < -0.39 is 21.7 Å². The predicted molar refractivity (Wildman–Crippen MR) is 78.0 cm³/mol. The molecule has 0 bridgehead atoms. The summed E-state index contributed by atoms with van der Waals surface area (Å²) in [5.74, 6) is -1.57. The van der Waals surface area contributed by atoms with Gasteiger partial charge in [-0.15, -0.1) is 0 Å². The molecule has 1 N–H and O–H groups in total. The van der Waals surface area contributed by atoms with Gasteiger partial charge in [-0.2, -0.15) is 0 Å². The Balaban J connectivity index is 3.15. The molecule has 0 saturated carbocycles. The van der Waals surface area contributed by atoms with E-state index >= 15 is 0 Å². The number of benzene rings is 1. The van der Waals surface area contributed by atoms with Crippen LogP contribution in [0.5, 0.6) is 0 Å². The van der Waals surface area contributed by atoms with Gasteiger partial charge in [-0.05, 0) is 19.1 Å². The van der Waals surface area contributed by atoms with Gasteiger partial charge in [0.25, 0.3) is 5.91 Å². The Labute approximate surface area is 124 Å². The lowest BCUT2D eigenvalue weighted by molar-refractivity contribution is -0.137. The number of nitrogens with zero attached hydrogens (tertiary/aromatic N) is 1. The van der Waals surface area contributed by atoms with Crippen LogP contribution in [0.15, 0.2) is 29.2 Å². The van der Waals surface area contributed by atoms with Crippen LogP contribution in [0.2, 0.25) is 0 Å². The highest BCUT2D eigenvalue weighted by Crippen LogP contribution is 2.19. The molecule has 0 unspecified atom stereocenters. The number of aliphatic carboxylic acids is 1. The first kappa shape index (κ1) is 17.2. The van der Waals surface area contributed by atoms with E-state index in [1.165, 1.54) is 24.0 Å². The number of hydrogen-bond donors (Lipinski definition) is 1. The summed E-state index contributed by atoms with van der Waals surface area (Å²) < 4.78 is 24.1. The molecule has 21 heavy (non-hydrogen) atoms. The molecule has 7 heteroatoms. The van der Waals surface area contributed by atoms with Gasteiger partial charge in [0, 0.05) is 13.1 Å². The molecule has 0 aromatic heterocycles. The molecule has 0 heterocycles. The predicted octanol–water partition coefficient (Wildman–Crippen LogP) is 1.42. The van der Waals surface area contributed by atoms with Crippen LogP contribution in [0.4, 0.5) is 0 Å². The largest absolute Gasteiger partial charge is 0.481 e. The highest BCUT2D eigenvalue weighted by Gasteiger charge is 2.23. The van der Waals surface area contributed by atoms with E-state index in [-0.39, 0.29) is 29.2 Å². The van der Waals surface area contributed by atoms with Crippen molar-refractivity contribution in [3.05, 3.63) is 29.8 Å². The van der Waals surface area contributed by atoms with Crippen molar-refractivity contribution in [3.63, 3.8) is 0 Å². The summed E-state index contributed by atoms with van der Waals surface area (Å²) in [5, 5.41) is 8.70. The molecule has 0 fully saturated rings. The monoisotopic (exact) mass is 313 g/mol. The summed E-state index contributed by atoms with van der Waals surface area (Å²) in [5.41, 5.74) is 0.0894. The summed E-state index contributed by atoms with van der Waals surface area (Å²) >= 11 is 0. The Bertz CT molecular complexity index is 624. The van der Waals surface area contributed by atoms with Crippen molar-refractivity contribution in [2.45, 2.75) is 25.2 Å².